The van der Waals surface area contributed by atoms with Crippen LogP contribution in [0.1, 0.15) is 38.2 Å². The van der Waals surface area contributed by atoms with Gasteiger partial charge in [-0.3, -0.25) is 4.79 Å². The Hall–Kier alpha value is -2.34. The maximum absolute atomic E-state index is 12.9. The second-order valence-electron chi connectivity index (χ2n) is 7.82. The molecule has 3 heterocycles. The van der Waals surface area contributed by atoms with Crippen LogP contribution >= 0.6 is 0 Å². The van der Waals surface area contributed by atoms with Crippen molar-refractivity contribution in [3.8, 4) is 5.75 Å². The number of phenols is 1. The van der Waals surface area contributed by atoms with E-state index in [0.717, 1.165) is 37.5 Å². The number of hydrogen-bond donors (Lipinski definition) is 1. The number of amides is 1. The van der Waals surface area contributed by atoms with E-state index in [9.17, 15) is 14.7 Å². The van der Waals surface area contributed by atoms with Crippen molar-refractivity contribution >= 4 is 22.6 Å². The number of aromatic hydroxyl groups is 1. The van der Waals surface area contributed by atoms with Gasteiger partial charge in [0.25, 0.3) is 0 Å². The fourth-order valence-corrected chi connectivity index (χ4v) is 4.22. The van der Waals surface area contributed by atoms with Crippen LogP contribution in [0, 0.1) is 5.92 Å². The number of fused-ring (bicyclic) bond motifs is 3. The molecule has 1 saturated heterocycles. The minimum atomic E-state index is -0.469. The molecule has 2 aliphatic rings. The van der Waals surface area contributed by atoms with Crippen molar-refractivity contribution in [3.05, 3.63) is 34.2 Å². The number of aryl methyl sites for hydroxylation is 1. The van der Waals surface area contributed by atoms with Crippen LogP contribution in [0.15, 0.2) is 27.4 Å². The number of likely N-dealkylation sites (tertiary alicyclic amines) is 1. The Labute approximate surface area is 158 Å². The molecule has 0 atom stereocenters. The number of carbonyl (C=O) groups is 1. The zero-order chi connectivity index (χ0) is 19.0. The maximum Gasteiger partial charge on any atom is 0.360 e. The molecule has 1 aromatic heterocycles. The summed E-state index contributed by atoms with van der Waals surface area (Å²) in [5, 5.41) is 10.5. The topological polar surface area (TPSA) is 74.0 Å². The van der Waals surface area contributed by atoms with Gasteiger partial charge >= 0.3 is 5.63 Å². The smallest absolute Gasteiger partial charge is 0.360 e. The fourth-order valence-electron chi connectivity index (χ4n) is 4.22. The highest BCUT2D eigenvalue weighted by Gasteiger charge is 2.29. The molecular weight excluding hydrogens is 344 g/mol. The summed E-state index contributed by atoms with van der Waals surface area (Å²) in [5.41, 5.74) is 1.15. The fraction of sp³-hybridized carbons (Fsp3) is 0.524. The van der Waals surface area contributed by atoms with Crippen LogP contribution in [-0.2, 0) is 11.2 Å². The number of anilines is 1. The van der Waals surface area contributed by atoms with Gasteiger partial charge in [-0.05, 0) is 68.5 Å². The van der Waals surface area contributed by atoms with Crippen LogP contribution in [0.25, 0.3) is 11.0 Å². The molecule has 6 heteroatoms. The zero-order valence-corrected chi connectivity index (χ0v) is 15.7. The first-order valence-corrected chi connectivity index (χ1v) is 9.84. The molecule has 2 aliphatic heterocycles. The lowest BCUT2D eigenvalue weighted by Crippen LogP contribution is -2.41. The summed E-state index contributed by atoms with van der Waals surface area (Å²) in [6, 6.07) is 4.72. The van der Waals surface area contributed by atoms with Gasteiger partial charge in [0.15, 0.2) is 0 Å². The van der Waals surface area contributed by atoms with E-state index in [2.05, 4.69) is 11.8 Å². The molecule has 0 aliphatic carbocycles. The van der Waals surface area contributed by atoms with Crippen LogP contribution in [-0.4, -0.2) is 42.1 Å². The maximum atomic E-state index is 12.9. The van der Waals surface area contributed by atoms with Crippen molar-refractivity contribution in [1.82, 2.24) is 4.90 Å². The van der Waals surface area contributed by atoms with Gasteiger partial charge in [-0.15, -0.1) is 0 Å². The minimum absolute atomic E-state index is 0.0265. The van der Waals surface area contributed by atoms with Crippen molar-refractivity contribution in [1.29, 1.82) is 0 Å². The van der Waals surface area contributed by atoms with E-state index < -0.39 is 5.63 Å². The van der Waals surface area contributed by atoms with Gasteiger partial charge in [-0.2, -0.15) is 0 Å². The molecule has 0 spiro atoms. The lowest BCUT2D eigenvalue weighted by molar-refractivity contribution is -0.119. The lowest BCUT2D eigenvalue weighted by Gasteiger charge is -2.32. The van der Waals surface area contributed by atoms with Gasteiger partial charge in [0.2, 0.25) is 5.91 Å². The van der Waals surface area contributed by atoms with Crippen molar-refractivity contribution < 1.29 is 14.3 Å². The Balaban J connectivity index is 1.57. The van der Waals surface area contributed by atoms with Gasteiger partial charge in [-0.25, -0.2) is 4.79 Å². The van der Waals surface area contributed by atoms with Gasteiger partial charge in [0.05, 0.1) is 0 Å². The molecule has 0 radical (unpaired) electrons. The van der Waals surface area contributed by atoms with Crippen molar-refractivity contribution in [3.63, 3.8) is 0 Å². The zero-order valence-electron chi connectivity index (χ0n) is 15.7. The van der Waals surface area contributed by atoms with Gasteiger partial charge in [0, 0.05) is 24.9 Å². The molecule has 2 aromatic rings. The number of rotatable bonds is 3. The summed E-state index contributed by atoms with van der Waals surface area (Å²) in [6.45, 7) is 5.62. The Morgan fingerprint density at radius 3 is 2.81 bits per heavy atom. The number of carbonyl (C=O) groups excluding carboxylic acids is 1. The van der Waals surface area contributed by atoms with Gasteiger partial charge in [-0.1, -0.05) is 6.92 Å². The summed E-state index contributed by atoms with van der Waals surface area (Å²) in [4.78, 5) is 29.4. The number of piperidine rings is 1. The van der Waals surface area contributed by atoms with Crippen molar-refractivity contribution in [2.24, 2.45) is 5.92 Å². The highest BCUT2D eigenvalue weighted by Crippen LogP contribution is 2.32. The van der Waals surface area contributed by atoms with E-state index in [4.69, 9.17) is 4.42 Å². The van der Waals surface area contributed by atoms with Gasteiger partial charge < -0.3 is 19.3 Å². The van der Waals surface area contributed by atoms with Crippen LogP contribution in [0.3, 0.4) is 0 Å². The predicted octanol–water partition coefficient (Wildman–Crippen LogP) is 2.90. The molecular formula is C21H26N2O4. The molecule has 1 amide bonds. The van der Waals surface area contributed by atoms with Crippen LogP contribution in [0.2, 0.25) is 0 Å². The first-order chi connectivity index (χ1) is 13.0. The molecule has 4 rings (SSSR count). The summed E-state index contributed by atoms with van der Waals surface area (Å²) in [5.74, 6) is 0.864. The highest BCUT2D eigenvalue weighted by atomic mass is 16.4. The third kappa shape index (κ3) is 3.58. The monoisotopic (exact) mass is 370 g/mol. The summed E-state index contributed by atoms with van der Waals surface area (Å²) < 4.78 is 5.43. The third-order valence-electron chi connectivity index (χ3n) is 5.87. The summed E-state index contributed by atoms with van der Waals surface area (Å²) >= 11 is 0. The van der Waals surface area contributed by atoms with Crippen molar-refractivity contribution in [2.45, 2.75) is 39.0 Å². The lowest BCUT2D eigenvalue weighted by atomic mass is 9.98. The average molecular weight is 370 g/mol. The quantitative estimate of drug-likeness (QED) is 0.841. The van der Waals surface area contributed by atoms with E-state index in [1.807, 2.05) is 0 Å². The van der Waals surface area contributed by atoms with Crippen LogP contribution in [0.4, 0.5) is 5.69 Å². The number of phenolic OH excluding ortho intramolecular Hbond substituents is 1. The average Bonchev–Trinajstić information content (AvgIpc) is 2.67. The molecule has 1 aromatic carbocycles. The van der Waals surface area contributed by atoms with Gasteiger partial charge in [0.1, 0.15) is 17.0 Å². The molecule has 27 heavy (non-hydrogen) atoms. The van der Waals surface area contributed by atoms with E-state index in [1.54, 1.807) is 17.0 Å². The molecule has 144 valence electrons. The Morgan fingerprint density at radius 1 is 1.26 bits per heavy atom. The Morgan fingerprint density at radius 2 is 2.04 bits per heavy atom. The number of hydrogen-bond acceptors (Lipinski definition) is 5. The number of benzene rings is 1. The second kappa shape index (κ2) is 7.35. The van der Waals surface area contributed by atoms with Crippen molar-refractivity contribution in [2.75, 3.05) is 31.1 Å². The van der Waals surface area contributed by atoms with E-state index in [0.29, 0.717) is 36.0 Å². The Kier molecular flexibility index (Phi) is 4.91. The number of nitrogens with zero attached hydrogens (tertiary/aromatic N) is 2. The first-order valence-electron chi connectivity index (χ1n) is 9.84. The highest BCUT2D eigenvalue weighted by molar-refractivity contribution is 5.97. The predicted molar refractivity (Wildman–Crippen MR) is 104 cm³/mol. The summed E-state index contributed by atoms with van der Waals surface area (Å²) in [7, 11) is 0. The molecule has 0 unspecified atom stereocenters. The molecule has 1 N–H and O–H groups in total. The third-order valence-corrected chi connectivity index (χ3v) is 5.87. The molecule has 6 nitrogen and oxygen atoms in total. The Bertz CT molecular complexity index is 912. The van der Waals surface area contributed by atoms with E-state index in [1.165, 1.54) is 18.9 Å². The molecule has 0 bridgehead atoms. The van der Waals surface area contributed by atoms with Crippen LogP contribution < -0.4 is 10.5 Å². The first kappa shape index (κ1) is 18.0. The molecule has 0 saturated carbocycles. The van der Waals surface area contributed by atoms with Crippen LogP contribution in [0.5, 0.6) is 5.75 Å². The SMILES string of the molecule is CC1CCN(CCC(=O)N2CCCc3c2c(=O)oc2ccc(O)cc32)CC1. The second-order valence-corrected chi connectivity index (χ2v) is 7.82. The standard InChI is InChI=1S/C21H26N2O4/c1-14-6-10-22(11-7-14)12-8-19(25)23-9-2-3-16-17-13-15(24)4-5-18(17)27-21(26)20(16)23/h4-5,13-14,24H,2-3,6-12H2,1H3. The van der Waals surface area contributed by atoms with E-state index in [-0.39, 0.29) is 11.7 Å². The largest absolute Gasteiger partial charge is 0.508 e. The summed E-state index contributed by atoms with van der Waals surface area (Å²) in [6.07, 6.45) is 4.27. The normalized spacial score (nSPS) is 18.6. The van der Waals surface area contributed by atoms with E-state index >= 15 is 0 Å². The minimum Gasteiger partial charge on any atom is -0.508 e. The molecule has 1 fully saturated rings.